The van der Waals surface area contributed by atoms with E-state index in [0.717, 1.165) is 17.1 Å². The van der Waals surface area contributed by atoms with E-state index >= 15 is 0 Å². The number of nitrogens with one attached hydrogen (secondary N) is 1. The highest BCUT2D eigenvalue weighted by Gasteiger charge is 2.38. The summed E-state index contributed by atoms with van der Waals surface area (Å²) in [7, 11) is 1.89. The van der Waals surface area contributed by atoms with Crippen molar-refractivity contribution in [2.24, 2.45) is 5.92 Å². The number of rotatable bonds is 3. The van der Waals surface area contributed by atoms with Crippen LogP contribution in [0.3, 0.4) is 0 Å². The average molecular weight is 229 g/mol. The summed E-state index contributed by atoms with van der Waals surface area (Å²) in [6, 6.07) is 7.94. The summed E-state index contributed by atoms with van der Waals surface area (Å²) in [5, 5.41) is 7.20. The molecule has 0 saturated heterocycles. The average Bonchev–Trinajstić information content (AvgIpc) is 2.92. The summed E-state index contributed by atoms with van der Waals surface area (Å²) < 4.78 is 5.34. The van der Waals surface area contributed by atoms with E-state index < -0.39 is 0 Å². The van der Waals surface area contributed by atoms with E-state index in [4.69, 9.17) is 4.52 Å². The molecule has 0 bridgehead atoms. The first kappa shape index (κ1) is 10.3. The third kappa shape index (κ3) is 1.79. The van der Waals surface area contributed by atoms with Gasteiger partial charge in [0.2, 0.25) is 0 Å². The molecule has 2 aromatic rings. The summed E-state index contributed by atoms with van der Waals surface area (Å²) >= 11 is 0. The molecule has 88 valence electrons. The van der Waals surface area contributed by atoms with Crippen LogP contribution in [0.4, 0.5) is 5.69 Å². The summed E-state index contributed by atoms with van der Waals surface area (Å²) in [4.78, 5) is 4.48. The number of nitrogens with zero attached hydrogens (tertiary/aromatic N) is 2. The minimum Gasteiger partial charge on any atom is -0.387 e. The van der Waals surface area contributed by atoms with Crippen LogP contribution >= 0.6 is 0 Å². The van der Waals surface area contributed by atoms with Gasteiger partial charge in [-0.05, 0) is 24.5 Å². The van der Waals surface area contributed by atoms with Crippen molar-refractivity contribution in [1.82, 2.24) is 10.1 Å². The monoisotopic (exact) mass is 229 g/mol. The molecule has 1 aliphatic carbocycles. The zero-order valence-electron chi connectivity index (χ0n) is 9.97. The Balaban J connectivity index is 1.95. The van der Waals surface area contributed by atoms with Crippen LogP contribution in [-0.4, -0.2) is 17.2 Å². The molecule has 0 radical (unpaired) electrons. The molecule has 2 unspecified atom stereocenters. The molecule has 1 heterocycles. The lowest BCUT2D eigenvalue weighted by atomic mass is 10.2. The predicted molar refractivity (Wildman–Crippen MR) is 65.8 cm³/mol. The van der Waals surface area contributed by atoms with Gasteiger partial charge in [0.1, 0.15) is 0 Å². The topological polar surface area (TPSA) is 51.0 Å². The molecule has 3 rings (SSSR count). The Hall–Kier alpha value is -1.84. The second kappa shape index (κ2) is 3.87. The Bertz CT molecular complexity index is 535. The minimum atomic E-state index is 0.495. The van der Waals surface area contributed by atoms with Crippen molar-refractivity contribution in [3.63, 3.8) is 0 Å². The fraction of sp³-hybridized carbons (Fsp3) is 0.385. The Morgan fingerprint density at radius 1 is 1.35 bits per heavy atom. The molecule has 0 aliphatic heterocycles. The van der Waals surface area contributed by atoms with Gasteiger partial charge in [0.25, 0.3) is 5.89 Å². The third-order valence-electron chi connectivity index (χ3n) is 3.31. The van der Waals surface area contributed by atoms with E-state index in [1.807, 2.05) is 31.3 Å². The highest BCUT2D eigenvalue weighted by atomic mass is 16.5. The first-order valence-corrected chi connectivity index (χ1v) is 5.90. The smallest absolute Gasteiger partial charge is 0.260 e. The Morgan fingerprint density at radius 3 is 2.82 bits per heavy atom. The van der Waals surface area contributed by atoms with E-state index in [-0.39, 0.29) is 0 Å². The largest absolute Gasteiger partial charge is 0.387 e. The van der Waals surface area contributed by atoms with Gasteiger partial charge < -0.3 is 9.84 Å². The van der Waals surface area contributed by atoms with Crippen molar-refractivity contribution in [1.29, 1.82) is 0 Å². The van der Waals surface area contributed by atoms with E-state index in [9.17, 15) is 0 Å². The van der Waals surface area contributed by atoms with Gasteiger partial charge in [0.05, 0.1) is 5.56 Å². The van der Waals surface area contributed by atoms with E-state index in [1.54, 1.807) is 0 Å². The standard InChI is InChI=1S/C13H15N3O/c1-8-7-10(8)12-15-13(17-16-12)9-5-3-4-6-11(9)14-2/h3-6,8,10,14H,7H2,1-2H3. The molecule has 0 spiro atoms. The van der Waals surface area contributed by atoms with Gasteiger partial charge in [0.15, 0.2) is 5.82 Å². The quantitative estimate of drug-likeness (QED) is 0.879. The lowest BCUT2D eigenvalue weighted by Gasteiger charge is -2.03. The molecule has 1 saturated carbocycles. The van der Waals surface area contributed by atoms with E-state index in [1.165, 1.54) is 6.42 Å². The van der Waals surface area contributed by atoms with Crippen LogP contribution in [0, 0.1) is 5.92 Å². The van der Waals surface area contributed by atoms with Gasteiger partial charge in [-0.3, -0.25) is 0 Å². The summed E-state index contributed by atoms with van der Waals surface area (Å²) in [5.41, 5.74) is 1.97. The molecule has 4 nitrogen and oxygen atoms in total. The second-order valence-electron chi connectivity index (χ2n) is 4.57. The Kier molecular flexibility index (Phi) is 2.35. The third-order valence-corrected chi connectivity index (χ3v) is 3.31. The molecule has 0 amide bonds. The fourth-order valence-corrected chi connectivity index (χ4v) is 2.06. The van der Waals surface area contributed by atoms with Crippen LogP contribution in [0.5, 0.6) is 0 Å². The number of hydrogen-bond acceptors (Lipinski definition) is 4. The molecule has 17 heavy (non-hydrogen) atoms. The molecule has 4 heteroatoms. The van der Waals surface area contributed by atoms with Gasteiger partial charge >= 0.3 is 0 Å². The number of para-hydroxylation sites is 1. The molecule has 1 aromatic carbocycles. The fourth-order valence-electron chi connectivity index (χ4n) is 2.06. The maximum atomic E-state index is 5.34. The van der Waals surface area contributed by atoms with Crippen molar-refractivity contribution in [3.8, 4) is 11.5 Å². The van der Waals surface area contributed by atoms with Gasteiger partial charge in [-0.2, -0.15) is 4.98 Å². The van der Waals surface area contributed by atoms with Crippen molar-refractivity contribution >= 4 is 5.69 Å². The zero-order chi connectivity index (χ0) is 11.8. The highest BCUT2D eigenvalue weighted by Crippen LogP contribution is 2.46. The van der Waals surface area contributed by atoms with Gasteiger partial charge in [-0.25, -0.2) is 0 Å². The lowest BCUT2D eigenvalue weighted by Crippen LogP contribution is -1.91. The maximum absolute atomic E-state index is 5.34. The lowest BCUT2D eigenvalue weighted by molar-refractivity contribution is 0.422. The van der Waals surface area contributed by atoms with E-state index in [2.05, 4.69) is 22.4 Å². The summed E-state index contributed by atoms with van der Waals surface area (Å²) in [6.45, 7) is 2.21. The number of hydrogen-bond donors (Lipinski definition) is 1. The number of aromatic nitrogens is 2. The van der Waals surface area contributed by atoms with Crippen LogP contribution in [0.25, 0.3) is 11.5 Å². The number of benzene rings is 1. The Morgan fingerprint density at radius 2 is 2.12 bits per heavy atom. The first-order valence-electron chi connectivity index (χ1n) is 5.90. The normalized spacial score (nSPS) is 22.5. The molecule has 1 aromatic heterocycles. The van der Waals surface area contributed by atoms with Gasteiger partial charge in [-0.15, -0.1) is 0 Å². The molecule has 1 aliphatic rings. The summed E-state index contributed by atoms with van der Waals surface area (Å²) in [5.74, 6) is 2.64. The van der Waals surface area contributed by atoms with Crippen LogP contribution in [0.15, 0.2) is 28.8 Å². The molecule has 2 atom stereocenters. The summed E-state index contributed by atoms with van der Waals surface area (Å²) in [6.07, 6.45) is 1.17. The molecule has 1 fully saturated rings. The Labute approximate surface area is 100 Å². The highest BCUT2D eigenvalue weighted by molar-refractivity contribution is 5.72. The molecule has 1 N–H and O–H groups in total. The van der Waals surface area contributed by atoms with Gasteiger partial charge in [-0.1, -0.05) is 24.2 Å². The first-order chi connectivity index (χ1) is 8.29. The van der Waals surface area contributed by atoms with Crippen LogP contribution < -0.4 is 5.32 Å². The van der Waals surface area contributed by atoms with Crippen molar-refractivity contribution in [2.45, 2.75) is 19.3 Å². The van der Waals surface area contributed by atoms with Crippen molar-refractivity contribution in [2.75, 3.05) is 12.4 Å². The van der Waals surface area contributed by atoms with Crippen LogP contribution in [0.1, 0.15) is 25.1 Å². The van der Waals surface area contributed by atoms with Crippen molar-refractivity contribution < 1.29 is 4.52 Å². The second-order valence-corrected chi connectivity index (χ2v) is 4.57. The van der Waals surface area contributed by atoms with E-state index in [0.29, 0.717) is 17.7 Å². The van der Waals surface area contributed by atoms with Gasteiger partial charge in [0, 0.05) is 18.7 Å². The van der Waals surface area contributed by atoms with Crippen LogP contribution in [-0.2, 0) is 0 Å². The maximum Gasteiger partial charge on any atom is 0.260 e. The zero-order valence-corrected chi connectivity index (χ0v) is 9.97. The molecular formula is C13H15N3O. The van der Waals surface area contributed by atoms with Crippen LogP contribution in [0.2, 0.25) is 0 Å². The minimum absolute atomic E-state index is 0.495. The number of anilines is 1. The SMILES string of the molecule is CNc1ccccc1-c1nc(C2CC2C)no1. The van der Waals surface area contributed by atoms with Crippen molar-refractivity contribution in [3.05, 3.63) is 30.1 Å². The predicted octanol–water partition coefficient (Wildman–Crippen LogP) is 2.90. The molecular weight excluding hydrogens is 214 g/mol.